The van der Waals surface area contributed by atoms with Crippen LogP contribution in [0, 0.1) is 0 Å². The number of aromatic nitrogens is 1. The van der Waals surface area contributed by atoms with Crippen LogP contribution in [-0.4, -0.2) is 23.8 Å². The molecular weight excluding hydrogens is 266 g/mol. The molecule has 0 saturated carbocycles. The molecule has 0 amide bonds. The van der Waals surface area contributed by atoms with Crippen LogP contribution in [0.1, 0.15) is 0 Å². The van der Waals surface area contributed by atoms with Crippen molar-refractivity contribution < 1.29 is 4.74 Å². The predicted octanol–water partition coefficient (Wildman–Crippen LogP) is 2.78. The zero-order valence-electron chi connectivity index (χ0n) is 9.90. The fourth-order valence-electron chi connectivity index (χ4n) is 1.39. The lowest BCUT2D eigenvalue weighted by molar-refractivity contribution is 0.415. The zero-order valence-corrected chi connectivity index (χ0v) is 11.5. The topological polar surface area (TPSA) is 46.2 Å². The molecule has 0 aliphatic carbocycles. The van der Waals surface area contributed by atoms with Crippen molar-refractivity contribution in [2.24, 2.45) is 0 Å². The fraction of sp³-hybridized carbons (Fsp3) is 0.167. The molecule has 0 radical (unpaired) electrons. The summed E-state index contributed by atoms with van der Waals surface area (Å²) in [5, 5.41) is 7.34. The van der Waals surface area contributed by atoms with Gasteiger partial charge in [0.15, 0.2) is 10.2 Å². The van der Waals surface area contributed by atoms with Crippen molar-refractivity contribution in [3.05, 3.63) is 30.9 Å². The van der Waals surface area contributed by atoms with E-state index in [4.69, 9.17) is 17.0 Å². The van der Waals surface area contributed by atoms with Crippen molar-refractivity contribution in [2.45, 2.75) is 0 Å². The van der Waals surface area contributed by atoms with Crippen molar-refractivity contribution >= 4 is 44.0 Å². The Labute approximate surface area is 115 Å². The maximum Gasteiger partial charge on any atom is 0.190 e. The van der Waals surface area contributed by atoms with Gasteiger partial charge in [-0.2, -0.15) is 0 Å². The molecule has 2 N–H and O–H groups in total. The van der Waals surface area contributed by atoms with Crippen LogP contribution in [0.3, 0.4) is 0 Å². The Kier molecular flexibility index (Phi) is 4.11. The minimum atomic E-state index is 0.543. The van der Waals surface area contributed by atoms with Crippen LogP contribution in [0.5, 0.6) is 5.75 Å². The van der Waals surface area contributed by atoms with Crippen LogP contribution in [0.2, 0.25) is 0 Å². The highest BCUT2D eigenvalue weighted by molar-refractivity contribution is 7.80. The van der Waals surface area contributed by atoms with Gasteiger partial charge in [0, 0.05) is 6.54 Å². The van der Waals surface area contributed by atoms with Crippen LogP contribution in [0.25, 0.3) is 10.2 Å². The molecular formula is C12H13N3OS2. The highest BCUT2D eigenvalue weighted by Gasteiger charge is 2.06. The standard InChI is InChI=1S/C12H13N3OS2/c1-3-6-13-11(17)15-12-14-9-5-4-8(16-2)7-10(9)18-12/h3-5,7H,1,6H2,2H3,(H2,13,14,15,17). The third-order valence-electron chi connectivity index (χ3n) is 2.22. The number of anilines is 1. The molecule has 0 unspecified atom stereocenters. The number of methoxy groups -OCH3 is 1. The largest absolute Gasteiger partial charge is 0.497 e. The van der Waals surface area contributed by atoms with Gasteiger partial charge >= 0.3 is 0 Å². The van der Waals surface area contributed by atoms with Gasteiger partial charge in [-0.3, -0.25) is 0 Å². The molecule has 94 valence electrons. The van der Waals surface area contributed by atoms with E-state index in [1.165, 1.54) is 11.3 Å². The number of thiocarbonyl (C=S) groups is 1. The number of fused-ring (bicyclic) bond motifs is 1. The summed E-state index contributed by atoms with van der Waals surface area (Å²) in [7, 11) is 1.65. The second-order valence-electron chi connectivity index (χ2n) is 3.48. The van der Waals surface area contributed by atoms with Crippen molar-refractivity contribution in [3.8, 4) is 5.75 Å². The van der Waals surface area contributed by atoms with E-state index < -0.39 is 0 Å². The first-order valence-electron chi connectivity index (χ1n) is 5.33. The molecule has 0 atom stereocenters. The number of nitrogens with zero attached hydrogens (tertiary/aromatic N) is 1. The van der Waals surface area contributed by atoms with E-state index in [0.29, 0.717) is 11.7 Å². The van der Waals surface area contributed by atoms with Gasteiger partial charge in [-0.15, -0.1) is 6.58 Å². The molecule has 0 saturated heterocycles. The lowest BCUT2D eigenvalue weighted by atomic mass is 10.3. The van der Waals surface area contributed by atoms with Crippen molar-refractivity contribution in [3.63, 3.8) is 0 Å². The number of benzene rings is 1. The van der Waals surface area contributed by atoms with Crippen LogP contribution in [-0.2, 0) is 0 Å². The molecule has 2 rings (SSSR count). The van der Waals surface area contributed by atoms with Gasteiger partial charge < -0.3 is 15.4 Å². The van der Waals surface area contributed by atoms with Gasteiger partial charge in [-0.1, -0.05) is 17.4 Å². The summed E-state index contributed by atoms with van der Waals surface area (Å²) >= 11 is 6.66. The molecule has 0 aliphatic heterocycles. The van der Waals surface area contributed by atoms with E-state index >= 15 is 0 Å². The normalized spacial score (nSPS) is 10.1. The van der Waals surface area contributed by atoms with E-state index in [9.17, 15) is 0 Å². The number of thiazole rings is 1. The first-order chi connectivity index (χ1) is 8.72. The average Bonchev–Trinajstić information content (AvgIpc) is 2.77. The molecule has 2 aromatic rings. The Bertz CT molecular complexity index is 580. The minimum absolute atomic E-state index is 0.543. The Morgan fingerprint density at radius 3 is 3.17 bits per heavy atom. The van der Waals surface area contributed by atoms with Crippen LogP contribution in [0.4, 0.5) is 5.13 Å². The van der Waals surface area contributed by atoms with Gasteiger partial charge in [0.2, 0.25) is 0 Å². The Balaban J connectivity index is 2.14. The Hall–Kier alpha value is -1.66. The molecule has 1 aromatic carbocycles. The van der Waals surface area contributed by atoms with Gasteiger partial charge in [-0.05, 0) is 30.4 Å². The number of ether oxygens (including phenoxy) is 1. The molecule has 0 fully saturated rings. The summed E-state index contributed by atoms with van der Waals surface area (Å²) in [6.45, 7) is 4.25. The van der Waals surface area contributed by atoms with Gasteiger partial charge in [0.25, 0.3) is 0 Å². The Morgan fingerprint density at radius 1 is 1.61 bits per heavy atom. The second kappa shape index (κ2) is 5.79. The molecule has 0 bridgehead atoms. The van der Waals surface area contributed by atoms with E-state index in [1.807, 2.05) is 18.2 Å². The lowest BCUT2D eigenvalue weighted by Crippen LogP contribution is -2.28. The quantitative estimate of drug-likeness (QED) is 0.665. The first-order valence-corrected chi connectivity index (χ1v) is 6.55. The van der Waals surface area contributed by atoms with Crippen molar-refractivity contribution in [1.82, 2.24) is 10.3 Å². The van der Waals surface area contributed by atoms with E-state index in [-0.39, 0.29) is 0 Å². The summed E-state index contributed by atoms with van der Waals surface area (Å²) in [5.74, 6) is 0.824. The Morgan fingerprint density at radius 2 is 2.44 bits per heavy atom. The number of nitrogens with one attached hydrogen (secondary N) is 2. The summed E-state index contributed by atoms with van der Waals surface area (Å²) in [6.07, 6.45) is 1.75. The van der Waals surface area contributed by atoms with E-state index in [0.717, 1.165) is 21.1 Å². The second-order valence-corrected chi connectivity index (χ2v) is 4.92. The van der Waals surface area contributed by atoms with Crippen molar-refractivity contribution in [2.75, 3.05) is 19.0 Å². The number of hydrogen-bond donors (Lipinski definition) is 2. The number of rotatable bonds is 4. The maximum absolute atomic E-state index is 5.18. The van der Waals surface area contributed by atoms with Gasteiger partial charge in [0.05, 0.1) is 17.3 Å². The highest BCUT2D eigenvalue weighted by Crippen LogP contribution is 2.28. The molecule has 0 aliphatic rings. The molecule has 0 spiro atoms. The predicted molar refractivity (Wildman–Crippen MR) is 80.6 cm³/mol. The SMILES string of the molecule is C=CCNC(=S)Nc1nc2ccc(OC)cc2s1. The first kappa shape index (κ1) is 12.8. The van der Waals surface area contributed by atoms with E-state index in [2.05, 4.69) is 22.2 Å². The van der Waals surface area contributed by atoms with E-state index in [1.54, 1.807) is 13.2 Å². The summed E-state index contributed by atoms with van der Waals surface area (Å²) in [5.41, 5.74) is 0.926. The summed E-state index contributed by atoms with van der Waals surface area (Å²) in [6, 6.07) is 5.77. The summed E-state index contributed by atoms with van der Waals surface area (Å²) < 4.78 is 6.23. The lowest BCUT2D eigenvalue weighted by Gasteiger charge is -2.04. The van der Waals surface area contributed by atoms with Gasteiger partial charge in [0.1, 0.15) is 5.75 Å². The third-order valence-corrected chi connectivity index (χ3v) is 3.40. The van der Waals surface area contributed by atoms with Gasteiger partial charge in [-0.25, -0.2) is 4.98 Å². The average molecular weight is 279 g/mol. The smallest absolute Gasteiger partial charge is 0.190 e. The molecule has 4 nitrogen and oxygen atoms in total. The third kappa shape index (κ3) is 2.96. The van der Waals surface area contributed by atoms with Crippen LogP contribution in [0.15, 0.2) is 30.9 Å². The molecule has 6 heteroatoms. The molecule has 18 heavy (non-hydrogen) atoms. The van der Waals surface area contributed by atoms with Crippen molar-refractivity contribution in [1.29, 1.82) is 0 Å². The summed E-state index contributed by atoms with van der Waals surface area (Å²) in [4.78, 5) is 4.43. The zero-order chi connectivity index (χ0) is 13.0. The molecule has 1 aromatic heterocycles. The monoisotopic (exact) mass is 279 g/mol. The minimum Gasteiger partial charge on any atom is -0.497 e. The van der Waals surface area contributed by atoms with Crippen LogP contribution >= 0.6 is 23.6 Å². The highest BCUT2D eigenvalue weighted by atomic mass is 32.1. The fourth-order valence-corrected chi connectivity index (χ4v) is 2.53. The maximum atomic E-state index is 5.18. The number of hydrogen-bond acceptors (Lipinski definition) is 4. The molecule has 1 heterocycles. The van der Waals surface area contributed by atoms with Crippen LogP contribution < -0.4 is 15.4 Å².